The van der Waals surface area contributed by atoms with Gasteiger partial charge in [-0.3, -0.25) is 4.79 Å². The van der Waals surface area contributed by atoms with Crippen LogP contribution >= 0.6 is 0 Å². The van der Waals surface area contributed by atoms with E-state index in [4.69, 9.17) is 5.11 Å². The van der Waals surface area contributed by atoms with Gasteiger partial charge in [0.05, 0.1) is 11.5 Å². The number of carbonyl (C=O) groups is 1. The first-order valence-corrected chi connectivity index (χ1v) is 8.48. The molecule has 0 unspecified atom stereocenters. The van der Waals surface area contributed by atoms with E-state index in [1.807, 2.05) is 0 Å². The van der Waals surface area contributed by atoms with Crippen LogP contribution in [0.15, 0.2) is 29.2 Å². The summed E-state index contributed by atoms with van der Waals surface area (Å²) < 4.78 is 25.8. The van der Waals surface area contributed by atoms with Gasteiger partial charge >= 0.3 is 0 Å². The van der Waals surface area contributed by atoms with Crippen LogP contribution in [-0.2, 0) is 14.8 Å². The van der Waals surface area contributed by atoms with Crippen molar-refractivity contribution in [2.45, 2.75) is 37.5 Å². The Kier molecular flexibility index (Phi) is 7.35. The quantitative estimate of drug-likeness (QED) is 0.602. The highest BCUT2D eigenvalue weighted by atomic mass is 32.2. The molecule has 21 heavy (non-hydrogen) atoms. The van der Waals surface area contributed by atoms with E-state index < -0.39 is 10.0 Å². The van der Waals surface area contributed by atoms with Gasteiger partial charge in [-0.2, -0.15) is 0 Å². The fourth-order valence-corrected chi connectivity index (χ4v) is 2.76. The third kappa shape index (κ3) is 6.24. The molecule has 0 aliphatic heterocycles. The summed E-state index contributed by atoms with van der Waals surface area (Å²) in [5.41, 5.74) is 0.567. The molecular formula is C14H22N2O4S. The molecule has 0 spiro atoms. The van der Waals surface area contributed by atoms with Crippen LogP contribution in [0.5, 0.6) is 0 Å². The topological polar surface area (TPSA) is 95.5 Å². The molecule has 6 nitrogen and oxygen atoms in total. The normalized spacial score (nSPS) is 11.3. The Morgan fingerprint density at radius 3 is 2.43 bits per heavy atom. The van der Waals surface area contributed by atoms with Crippen molar-refractivity contribution in [3.8, 4) is 0 Å². The minimum Gasteiger partial charge on any atom is -0.395 e. The van der Waals surface area contributed by atoms with Crippen molar-refractivity contribution in [1.82, 2.24) is 4.72 Å². The molecule has 0 saturated carbocycles. The maximum absolute atomic E-state index is 11.8. The van der Waals surface area contributed by atoms with Crippen molar-refractivity contribution >= 4 is 21.6 Å². The van der Waals surface area contributed by atoms with Crippen LogP contribution in [0.3, 0.4) is 0 Å². The van der Waals surface area contributed by atoms with Gasteiger partial charge in [0, 0.05) is 18.7 Å². The van der Waals surface area contributed by atoms with Crippen molar-refractivity contribution in [3.63, 3.8) is 0 Å². The Labute approximate surface area is 125 Å². The van der Waals surface area contributed by atoms with Gasteiger partial charge in [-0.25, -0.2) is 13.1 Å². The zero-order chi connectivity index (χ0) is 15.7. The lowest BCUT2D eigenvalue weighted by molar-refractivity contribution is -0.116. The summed E-state index contributed by atoms with van der Waals surface area (Å²) in [6.07, 6.45) is 3.38. The van der Waals surface area contributed by atoms with Gasteiger partial charge in [0.2, 0.25) is 15.9 Å². The van der Waals surface area contributed by atoms with Crippen molar-refractivity contribution < 1.29 is 18.3 Å². The number of rotatable bonds is 9. The lowest BCUT2D eigenvalue weighted by Gasteiger charge is -2.08. The molecule has 0 atom stereocenters. The summed E-state index contributed by atoms with van der Waals surface area (Å²) in [7, 11) is -3.61. The number of hydrogen-bond acceptors (Lipinski definition) is 4. The third-order valence-corrected chi connectivity index (χ3v) is 4.34. The van der Waals surface area contributed by atoms with Crippen LogP contribution in [0.1, 0.15) is 32.6 Å². The largest absolute Gasteiger partial charge is 0.395 e. The number of aliphatic hydroxyl groups excluding tert-OH is 1. The second-order valence-corrected chi connectivity index (χ2v) is 6.42. The Balaban J connectivity index is 2.60. The average molecular weight is 314 g/mol. The molecule has 0 aliphatic rings. The minimum atomic E-state index is -3.61. The molecule has 7 heteroatoms. The van der Waals surface area contributed by atoms with Gasteiger partial charge < -0.3 is 10.4 Å². The van der Waals surface area contributed by atoms with Gasteiger partial charge in [0.25, 0.3) is 0 Å². The SMILES string of the molecule is CCCCCC(=O)Nc1ccc(S(=O)(=O)NCCO)cc1. The van der Waals surface area contributed by atoms with Crippen LogP contribution in [0.25, 0.3) is 0 Å². The summed E-state index contributed by atoms with van der Waals surface area (Å²) in [6, 6.07) is 5.93. The molecule has 0 saturated heterocycles. The van der Waals surface area contributed by atoms with E-state index in [9.17, 15) is 13.2 Å². The number of unbranched alkanes of at least 4 members (excludes halogenated alkanes) is 2. The van der Waals surface area contributed by atoms with Gasteiger partial charge in [0.1, 0.15) is 0 Å². The summed E-state index contributed by atoms with van der Waals surface area (Å²) in [6.45, 7) is 1.78. The first-order chi connectivity index (χ1) is 9.99. The number of sulfonamides is 1. The third-order valence-electron chi connectivity index (χ3n) is 2.86. The smallest absolute Gasteiger partial charge is 0.240 e. The molecular weight excluding hydrogens is 292 g/mol. The van der Waals surface area contributed by atoms with Crippen molar-refractivity contribution in [2.24, 2.45) is 0 Å². The lowest BCUT2D eigenvalue weighted by atomic mass is 10.2. The van der Waals surface area contributed by atoms with Gasteiger partial charge in [-0.05, 0) is 30.7 Å². The predicted octanol–water partition coefficient (Wildman–Crippen LogP) is 1.48. The van der Waals surface area contributed by atoms with E-state index >= 15 is 0 Å². The Morgan fingerprint density at radius 2 is 1.86 bits per heavy atom. The Morgan fingerprint density at radius 1 is 1.19 bits per heavy atom. The fraction of sp³-hybridized carbons (Fsp3) is 0.500. The first kappa shape index (κ1) is 17.6. The van der Waals surface area contributed by atoms with Gasteiger partial charge in [0.15, 0.2) is 0 Å². The molecule has 118 valence electrons. The van der Waals surface area contributed by atoms with Crippen molar-refractivity contribution in [1.29, 1.82) is 0 Å². The maximum Gasteiger partial charge on any atom is 0.240 e. The van der Waals surface area contributed by atoms with Crippen LogP contribution in [0, 0.1) is 0 Å². The second-order valence-electron chi connectivity index (χ2n) is 4.65. The highest BCUT2D eigenvalue weighted by Gasteiger charge is 2.13. The number of aliphatic hydroxyl groups is 1. The summed E-state index contributed by atoms with van der Waals surface area (Å²) in [4.78, 5) is 11.7. The van der Waals surface area contributed by atoms with E-state index in [1.54, 1.807) is 12.1 Å². The van der Waals surface area contributed by atoms with E-state index in [-0.39, 0.29) is 24.0 Å². The summed E-state index contributed by atoms with van der Waals surface area (Å²) in [5, 5.41) is 11.4. The van der Waals surface area contributed by atoms with E-state index in [0.717, 1.165) is 19.3 Å². The van der Waals surface area contributed by atoms with E-state index in [2.05, 4.69) is 17.0 Å². The summed E-state index contributed by atoms with van der Waals surface area (Å²) in [5.74, 6) is -0.0718. The average Bonchev–Trinajstić information content (AvgIpc) is 2.46. The van der Waals surface area contributed by atoms with E-state index in [0.29, 0.717) is 12.1 Å². The fourth-order valence-electron chi connectivity index (χ4n) is 1.74. The van der Waals surface area contributed by atoms with Crippen LogP contribution in [0.4, 0.5) is 5.69 Å². The maximum atomic E-state index is 11.8. The molecule has 0 aliphatic carbocycles. The monoisotopic (exact) mass is 314 g/mol. The number of nitrogens with one attached hydrogen (secondary N) is 2. The molecule has 1 rings (SSSR count). The molecule has 1 amide bonds. The zero-order valence-electron chi connectivity index (χ0n) is 12.1. The number of carbonyl (C=O) groups excluding carboxylic acids is 1. The molecule has 0 aromatic heterocycles. The number of hydrogen-bond donors (Lipinski definition) is 3. The number of amides is 1. The van der Waals surface area contributed by atoms with Crippen LogP contribution in [0.2, 0.25) is 0 Å². The van der Waals surface area contributed by atoms with Crippen molar-refractivity contribution in [3.05, 3.63) is 24.3 Å². The molecule has 0 bridgehead atoms. The highest BCUT2D eigenvalue weighted by Crippen LogP contribution is 2.14. The summed E-state index contributed by atoms with van der Waals surface area (Å²) >= 11 is 0. The van der Waals surface area contributed by atoms with Crippen molar-refractivity contribution in [2.75, 3.05) is 18.5 Å². The standard InChI is InChI=1S/C14H22N2O4S/c1-2-3-4-5-14(18)16-12-6-8-13(9-7-12)21(19,20)15-10-11-17/h6-9,15,17H,2-5,10-11H2,1H3,(H,16,18). The second kappa shape index (κ2) is 8.76. The van der Waals surface area contributed by atoms with E-state index in [1.165, 1.54) is 12.1 Å². The molecule has 3 N–H and O–H groups in total. The van der Waals surface area contributed by atoms with Gasteiger partial charge in [-0.1, -0.05) is 19.8 Å². The minimum absolute atomic E-state index is 0.0295. The Hall–Kier alpha value is -1.44. The van der Waals surface area contributed by atoms with Gasteiger partial charge in [-0.15, -0.1) is 0 Å². The lowest BCUT2D eigenvalue weighted by Crippen LogP contribution is -2.26. The first-order valence-electron chi connectivity index (χ1n) is 7.00. The number of anilines is 1. The molecule has 0 radical (unpaired) electrons. The zero-order valence-corrected chi connectivity index (χ0v) is 12.9. The molecule has 0 heterocycles. The molecule has 1 aromatic rings. The van der Waals surface area contributed by atoms with Crippen LogP contribution < -0.4 is 10.0 Å². The highest BCUT2D eigenvalue weighted by molar-refractivity contribution is 7.89. The number of benzene rings is 1. The molecule has 1 aromatic carbocycles. The Bertz CT molecular complexity index is 541. The van der Waals surface area contributed by atoms with Crippen LogP contribution in [-0.4, -0.2) is 32.6 Å². The predicted molar refractivity (Wildman–Crippen MR) is 81.5 cm³/mol. The molecule has 0 fully saturated rings.